The number of fused-ring (bicyclic) bond motifs is 1. The van der Waals surface area contributed by atoms with Crippen molar-refractivity contribution < 1.29 is 26.7 Å². The van der Waals surface area contributed by atoms with Crippen molar-refractivity contribution in [2.75, 3.05) is 13.1 Å². The molecule has 1 aliphatic rings. The van der Waals surface area contributed by atoms with Gasteiger partial charge in [0, 0.05) is 18.8 Å². The number of carbonyl (C=O) groups is 1. The van der Waals surface area contributed by atoms with Crippen LogP contribution in [0.1, 0.15) is 12.0 Å². The van der Waals surface area contributed by atoms with Gasteiger partial charge in [-0.25, -0.2) is 31.7 Å². The summed E-state index contributed by atoms with van der Waals surface area (Å²) in [6.45, 7) is -1.88. The molecule has 0 aliphatic carbocycles. The second kappa shape index (κ2) is 6.92. The van der Waals surface area contributed by atoms with E-state index < -0.39 is 55.0 Å². The number of alkyl halides is 4. The Kier molecular flexibility index (Phi) is 4.63. The molecule has 30 heavy (non-hydrogen) atoms. The topological polar surface area (TPSA) is 60.1 Å². The Morgan fingerprint density at radius 2 is 1.90 bits per heavy atom. The Balaban J connectivity index is 1.74. The lowest BCUT2D eigenvalue weighted by atomic mass is 10.0. The average Bonchev–Trinajstić information content (AvgIpc) is 2.90. The van der Waals surface area contributed by atoms with Crippen molar-refractivity contribution in [2.24, 2.45) is 7.05 Å². The molecule has 0 radical (unpaired) electrons. The van der Waals surface area contributed by atoms with Crippen molar-refractivity contribution >= 4 is 17.1 Å². The zero-order valence-electron chi connectivity index (χ0n) is 15.6. The van der Waals surface area contributed by atoms with Gasteiger partial charge in [0.25, 0.3) is 12.3 Å². The number of nitrogens with zero attached hydrogens (tertiary/aromatic N) is 4. The van der Waals surface area contributed by atoms with Crippen LogP contribution in [0.4, 0.5) is 22.0 Å². The molecule has 0 spiro atoms. The molecule has 6 nitrogen and oxygen atoms in total. The second-order valence-corrected chi connectivity index (χ2v) is 7.14. The molecular formula is C19H15F5N4O2. The predicted molar refractivity (Wildman–Crippen MR) is 96.9 cm³/mol. The molecule has 11 heteroatoms. The first kappa shape index (κ1) is 20.0. The summed E-state index contributed by atoms with van der Waals surface area (Å²) in [7, 11) is 1.43. The van der Waals surface area contributed by atoms with E-state index in [0.29, 0.717) is 5.56 Å². The van der Waals surface area contributed by atoms with E-state index >= 15 is 0 Å². The number of aromatic nitrogens is 3. The minimum absolute atomic E-state index is 0.224. The summed E-state index contributed by atoms with van der Waals surface area (Å²) in [5.74, 6) is -4.63. The highest BCUT2D eigenvalue weighted by Crippen LogP contribution is 2.30. The second-order valence-electron chi connectivity index (χ2n) is 7.14. The number of carbonyl (C=O) groups excluding carboxylic acids is 1. The number of hydrogen-bond acceptors (Lipinski definition) is 3. The summed E-state index contributed by atoms with van der Waals surface area (Å²) in [4.78, 5) is 29.9. The van der Waals surface area contributed by atoms with Crippen LogP contribution in [-0.4, -0.2) is 43.9 Å². The minimum Gasteiger partial charge on any atom is -0.329 e. The van der Waals surface area contributed by atoms with E-state index in [1.807, 2.05) is 0 Å². The zero-order chi connectivity index (χ0) is 21.8. The Morgan fingerprint density at radius 3 is 2.53 bits per heavy atom. The van der Waals surface area contributed by atoms with Crippen molar-refractivity contribution in [1.82, 2.24) is 19.0 Å². The van der Waals surface area contributed by atoms with Crippen molar-refractivity contribution in [3.8, 4) is 11.1 Å². The van der Waals surface area contributed by atoms with E-state index in [2.05, 4.69) is 4.98 Å². The van der Waals surface area contributed by atoms with Crippen molar-refractivity contribution in [3.05, 3.63) is 52.3 Å². The molecular weight excluding hydrogens is 411 g/mol. The van der Waals surface area contributed by atoms with E-state index in [-0.39, 0.29) is 16.7 Å². The lowest BCUT2D eigenvalue weighted by molar-refractivity contribution is -0.166. The Morgan fingerprint density at radius 1 is 1.20 bits per heavy atom. The first-order valence-electron chi connectivity index (χ1n) is 8.86. The van der Waals surface area contributed by atoms with Crippen molar-refractivity contribution in [2.45, 2.75) is 18.9 Å². The van der Waals surface area contributed by atoms with Crippen LogP contribution in [0.15, 0.2) is 35.3 Å². The highest BCUT2D eigenvalue weighted by molar-refractivity contribution is 5.82. The third kappa shape index (κ3) is 3.33. The molecule has 1 amide bonds. The molecule has 1 fully saturated rings. The normalized spacial score (nSPS) is 15.6. The van der Waals surface area contributed by atoms with Crippen molar-refractivity contribution in [3.63, 3.8) is 0 Å². The van der Waals surface area contributed by atoms with Crippen LogP contribution in [-0.2, 0) is 18.4 Å². The van der Waals surface area contributed by atoms with Crippen LogP contribution in [0.25, 0.3) is 22.3 Å². The van der Waals surface area contributed by atoms with Crippen LogP contribution in [0.3, 0.4) is 0 Å². The van der Waals surface area contributed by atoms with Crippen LogP contribution in [0.5, 0.6) is 0 Å². The quantitative estimate of drug-likeness (QED) is 0.603. The fourth-order valence-corrected chi connectivity index (χ4v) is 3.40. The lowest BCUT2D eigenvalue weighted by Gasteiger charge is -2.38. The molecule has 0 saturated carbocycles. The molecule has 1 saturated heterocycles. The van der Waals surface area contributed by atoms with Crippen LogP contribution < -0.4 is 5.69 Å². The van der Waals surface area contributed by atoms with E-state index in [1.165, 1.54) is 29.9 Å². The number of amides is 1. The van der Waals surface area contributed by atoms with Gasteiger partial charge in [-0.15, -0.1) is 0 Å². The fourth-order valence-electron chi connectivity index (χ4n) is 3.40. The SMILES string of the molecule is Cn1c(=O)n(CC(=O)N2CC(F)(F)C2)c2cc(-c3ccc(F)c(C(F)F)c3)cnc21. The van der Waals surface area contributed by atoms with E-state index in [1.54, 1.807) is 0 Å². The number of rotatable bonds is 4. The maximum atomic E-state index is 13.6. The number of likely N-dealkylation sites (tertiary alicyclic amines) is 1. The summed E-state index contributed by atoms with van der Waals surface area (Å²) in [6.07, 6.45) is -1.67. The number of aryl methyl sites for hydroxylation is 1. The molecule has 3 heterocycles. The molecule has 0 atom stereocenters. The van der Waals surface area contributed by atoms with Gasteiger partial charge in [-0.2, -0.15) is 0 Å². The summed E-state index contributed by atoms with van der Waals surface area (Å²) in [5.41, 5.74) is -0.329. The number of hydrogen-bond donors (Lipinski definition) is 0. The van der Waals surface area contributed by atoms with Crippen molar-refractivity contribution in [1.29, 1.82) is 0 Å². The fraction of sp³-hybridized carbons (Fsp3) is 0.316. The Bertz CT molecular complexity index is 1210. The molecule has 0 bridgehead atoms. The molecule has 1 aliphatic heterocycles. The minimum atomic E-state index is -3.01. The third-order valence-corrected chi connectivity index (χ3v) is 5.03. The largest absolute Gasteiger partial charge is 0.330 e. The zero-order valence-corrected chi connectivity index (χ0v) is 15.6. The van der Waals surface area contributed by atoms with Crippen LogP contribution in [0.2, 0.25) is 0 Å². The first-order valence-corrected chi connectivity index (χ1v) is 8.86. The first-order chi connectivity index (χ1) is 14.1. The molecule has 1 aromatic carbocycles. The maximum Gasteiger partial charge on any atom is 0.330 e. The van der Waals surface area contributed by atoms with Gasteiger partial charge in [0.2, 0.25) is 5.91 Å². The highest BCUT2D eigenvalue weighted by atomic mass is 19.3. The summed E-state index contributed by atoms with van der Waals surface area (Å²) in [5, 5.41) is 0. The number of halogens is 5. The molecule has 2 aromatic heterocycles. The maximum absolute atomic E-state index is 13.6. The lowest BCUT2D eigenvalue weighted by Crippen LogP contribution is -2.59. The molecule has 158 valence electrons. The summed E-state index contributed by atoms with van der Waals surface area (Å²) < 4.78 is 67.9. The smallest absolute Gasteiger partial charge is 0.329 e. The van der Waals surface area contributed by atoms with Gasteiger partial charge in [-0.3, -0.25) is 13.9 Å². The van der Waals surface area contributed by atoms with E-state index in [0.717, 1.165) is 21.6 Å². The number of pyridine rings is 1. The average molecular weight is 426 g/mol. The van der Waals surface area contributed by atoms with Crippen LogP contribution in [0, 0.1) is 5.82 Å². The van der Waals surface area contributed by atoms with Gasteiger partial charge < -0.3 is 4.90 Å². The van der Waals surface area contributed by atoms with Gasteiger partial charge in [0.05, 0.1) is 24.2 Å². The Hall–Kier alpha value is -3.24. The number of benzene rings is 1. The molecule has 0 unspecified atom stereocenters. The predicted octanol–water partition coefficient (Wildman–Crippen LogP) is 2.96. The number of imidazole rings is 1. The van der Waals surface area contributed by atoms with E-state index in [4.69, 9.17) is 0 Å². The molecule has 0 N–H and O–H groups in total. The molecule has 3 aromatic rings. The summed E-state index contributed by atoms with van der Waals surface area (Å²) >= 11 is 0. The van der Waals surface area contributed by atoms with E-state index in [9.17, 15) is 31.5 Å². The highest BCUT2D eigenvalue weighted by Gasteiger charge is 2.46. The standard InChI is InChI=1S/C19H15F5N4O2/c1-26-17-14(28(18(26)30)7-15(29)27-8-19(23,24)9-27)5-11(6-25-17)10-2-3-13(20)12(4-10)16(21)22/h2-6,16H,7-9H2,1H3. The van der Waals surface area contributed by atoms with Crippen LogP contribution >= 0.6 is 0 Å². The van der Waals surface area contributed by atoms with Gasteiger partial charge in [-0.1, -0.05) is 6.07 Å². The van der Waals surface area contributed by atoms with Gasteiger partial charge in [0.1, 0.15) is 12.4 Å². The summed E-state index contributed by atoms with van der Waals surface area (Å²) in [6, 6.07) is 4.65. The molecule has 4 rings (SSSR count). The Labute approximate surface area is 166 Å². The van der Waals surface area contributed by atoms with Gasteiger partial charge in [-0.05, 0) is 23.8 Å². The van der Waals surface area contributed by atoms with Gasteiger partial charge >= 0.3 is 5.69 Å². The monoisotopic (exact) mass is 426 g/mol. The third-order valence-electron chi connectivity index (χ3n) is 5.03. The van der Waals surface area contributed by atoms with Gasteiger partial charge in [0.15, 0.2) is 5.65 Å².